The number of hydrogen-bond acceptors (Lipinski definition) is 4. The van der Waals surface area contributed by atoms with Crippen LogP contribution < -0.4 is 5.56 Å². The van der Waals surface area contributed by atoms with Gasteiger partial charge in [-0.2, -0.15) is 14.6 Å². The van der Waals surface area contributed by atoms with E-state index in [1.54, 1.807) is 21.5 Å². The Morgan fingerprint density at radius 2 is 1.91 bits per heavy atom. The summed E-state index contributed by atoms with van der Waals surface area (Å²) >= 11 is 0. The molecule has 0 fully saturated rings. The Labute approximate surface area is 125 Å². The van der Waals surface area contributed by atoms with Crippen LogP contribution in [0.5, 0.6) is 0 Å². The van der Waals surface area contributed by atoms with Crippen molar-refractivity contribution in [2.45, 2.75) is 13.8 Å². The summed E-state index contributed by atoms with van der Waals surface area (Å²) in [5.41, 5.74) is 3.77. The zero-order chi connectivity index (χ0) is 15.3. The second-order valence-electron chi connectivity index (χ2n) is 5.29. The molecule has 1 aromatic carbocycles. The molecule has 3 aromatic heterocycles. The molecule has 3 heterocycles. The minimum atomic E-state index is -0.120. The van der Waals surface area contributed by atoms with E-state index in [2.05, 4.69) is 15.1 Å². The first-order chi connectivity index (χ1) is 10.6. The number of aromatic nitrogens is 5. The summed E-state index contributed by atoms with van der Waals surface area (Å²) in [5.74, 6) is 0.482. The number of pyridine rings is 1. The zero-order valence-electron chi connectivity index (χ0n) is 12.2. The number of aryl methyl sites for hydroxylation is 2. The molecule has 4 aromatic rings. The monoisotopic (exact) mass is 291 g/mol. The van der Waals surface area contributed by atoms with Gasteiger partial charge in [-0.05, 0) is 43.2 Å². The molecular formula is C16H13N5O. The van der Waals surface area contributed by atoms with Crippen molar-refractivity contribution in [1.82, 2.24) is 24.1 Å². The molecule has 0 saturated heterocycles. The molecule has 6 heteroatoms. The predicted octanol–water partition coefficient (Wildman–Crippen LogP) is 2.05. The number of fused-ring (bicyclic) bond motifs is 3. The molecule has 0 spiro atoms. The van der Waals surface area contributed by atoms with E-state index in [9.17, 15) is 4.79 Å². The van der Waals surface area contributed by atoms with Crippen molar-refractivity contribution in [1.29, 1.82) is 0 Å². The topological polar surface area (TPSA) is 65.1 Å². The van der Waals surface area contributed by atoms with Gasteiger partial charge < -0.3 is 0 Å². The normalized spacial score (nSPS) is 11.4. The Morgan fingerprint density at radius 3 is 2.73 bits per heavy atom. The van der Waals surface area contributed by atoms with Gasteiger partial charge in [-0.1, -0.05) is 6.07 Å². The van der Waals surface area contributed by atoms with Crippen molar-refractivity contribution < 1.29 is 0 Å². The lowest BCUT2D eigenvalue weighted by Crippen LogP contribution is -2.19. The highest BCUT2D eigenvalue weighted by molar-refractivity contribution is 5.78. The second kappa shape index (κ2) is 4.49. The number of benzene rings is 1. The van der Waals surface area contributed by atoms with Crippen LogP contribution in [0.4, 0.5) is 0 Å². The number of rotatable bonds is 1. The van der Waals surface area contributed by atoms with Gasteiger partial charge in [0.1, 0.15) is 6.33 Å². The average Bonchev–Trinajstić information content (AvgIpc) is 2.99. The van der Waals surface area contributed by atoms with E-state index in [0.29, 0.717) is 16.7 Å². The van der Waals surface area contributed by atoms with Gasteiger partial charge in [-0.15, -0.1) is 0 Å². The molecule has 6 nitrogen and oxygen atoms in total. The molecule has 0 radical (unpaired) electrons. The quantitative estimate of drug-likeness (QED) is 0.538. The van der Waals surface area contributed by atoms with Gasteiger partial charge in [0.05, 0.1) is 10.9 Å². The largest absolute Gasteiger partial charge is 0.284 e. The van der Waals surface area contributed by atoms with E-state index in [1.807, 2.05) is 38.1 Å². The number of hydrogen-bond donors (Lipinski definition) is 0. The first-order valence-corrected chi connectivity index (χ1v) is 6.93. The van der Waals surface area contributed by atoms with Crippen LogP contribution in [-0.4, -0.2) is 24.1 Å². The Morgan fingerprint density at radius 1 is 1.05 bits per heavy atom. The highest BCUT2D eigenvalue weighted by atomic mass is 16.1. The molecule has 22 heavy (non-hydrogen) atoms. The third kappa shape index (κ3) is 1.74. The van der Waals surface area contributed by atoms with E-state index in [1.165, 1.54) is 11.9 Å². The van der Waals surface area contributed by atoms with Crippen molar-refractivity contribution in [3.05, 3.63) is 64.5 Å². The summed E-state index contributed by atoms with van der Waals surface area (Å²) in [4.78, 5) is 21.0. The lowest BCUT2D eigenvalue weighted by atomic mass is 10.1. The minimum Gasteiger partial charge on any atom is -0.284 e. The first kappa shape index (κ1) is 12.7. The lowest BCUT2D eigenvalue weighted by molar-refractivity contribution is 0.956. The Balaban J connectivity index is 2.03. The molecule has 0 aliphatic carbocycles. The fourth-order valence-electron chi connectivity index (χ4n) is 2.54. The van der Waals surface area contributed by atoms with E-state index in [0.717, 1.165) is 11.3 Å². The molecule has 0 aliphatic heterocycles. The van der Waals surface area contributed by atoms with Crippen LogP contribution in [0.2, 0.25) is 0 Å². The van der Waals surface area contributed by atoms with Gasteiger partial charge in [-0.3, -0.25) is 9.36 Å². The van der Waals surface area contributed by atoms with Crippen molar-refractivity contribution in [3.63, 3.8) is 0 Å². The van der Waals surface area contributed by atoms with Gasteiger partial charge in [0.15, 0.2) is 0 Å². The van der Waals surface area contributed by atoms with E-state index in [4.69, 9.17) is 0 Å². The molecule has 0 atom stereocenters. The van der Waals surface area contributed by atoms with Gasteiger partial charge >= 0.3 is 0 Å². The van der Waals surface area contributed by atoms with Gasteiger partial charge in [0.25, 0.3) is 11.3 Å². The van der Waals surface area contributed by atoms with Gasteiger partial charge in [-0.25, -0.2) is 4.98 Å². The van der Waals surface area contributed by atoms with Gasteiger partial charge in [0.2, 0.25) is 0 Å². The highest BCUT2D eigenvalue weighted by Gasteiger charge is 2.09. The summed E-state index contributed by atoms with van der Waals surface area (Å²) in [7, 11) is 0. The summed E-state index contributed by atoms with van der Waals surface area (Å²) in [5, 5.41) is 4.62. The van der Waals surface area contributed by atoms with Crippen LogP contribution in [0.3, 0.4) is 0 Å². The van der Waals surface area contributed by atoms with Crippen molar-refractivity contribution in [2.75, 3.05) is 0 Å². The first-order valence-electron chi connectivity index (χ1n) is 6.93. The predicted molar refractivity (Wildman–Crippen MR) is 83.4 cm³/mol. The molecule has 0 bridgehead atoms. The highest BCUT2D eigenvalue weighted by Crippen LogP contribution is 2.15. The molecule has 0 unspecified atom stereocenters. The summed E-state index contributed by atoms with van der Waals surface area (Å²) < 4.78 is 3.20. The third-order valence-electron chi connectivity index (χ3n) is 3.94. The maximum absolute atomic E-state index is 12.8. The average molecular weight is 291 g/mol. The molecule has 4 rings (SSSR count). The molecule has 0 aliphatic rings. The third-order valence-corrected chi connectivity index (χ3v) is 3.94. The fourth-order valence-corrected chi connectivity index (χ4v) is 2.54. The van der Waals surface area contributed by atoms with Crippen LogP contribution >= 0.6 is 0 Å². The Kier molecular flexibility index (Phi) is 2.59. The molecule has 0 saturated carbocycles. The van der Waals surface area contributed by atoms with Gasteiger partial charge in [0, 0.05) is 18.1 Å². The summed E-state index contributed by atoms with van der Waals surface area (Å²) in [6.45, 7) is 4.08. The van der Waals surface area contributed by atoms with Crippen LogP contribution in [0, 0.1) is 13.8 Å². The summed E-state index contributed by atoms with van der Waals surface area (Å²) in [6, 6.07) is 7.82. The number of nitrogens with zero attached hydrogens (tertiary/aromatic N) is 5. The Hall–Kier alpha value is -3.02. The van der Waals surface area contributed by atoms with Crippen molar-refractivity contribution in [2.24, 2.45) is 0 Å². The minimum absolute atomic E-state index is 0.120. The van der Waals surface area contributed by atoms with Crippen molar-refractivity contribution in [3.8, 4) is 5.69 Å². The summed E-state index contributed by atoms with van der Waals surface area (Å²) in [6.07, 6.45) is 4.74. The van der Waals surface area contributed by atoms with Crippen LogP contribution in [0.15, 0.2) is 47.8 Å². The van der Waals surface area contributed by atoms with E-state index < -0.39 is 0 Å². The van der Waals surface area contributed by atoms with Crippen LogP contribution in [0.25, 0.3) is 22.4 Å². The SMILES string of the molecule is Cc1ccc(-n2ccc3c(cnc4ncnn43)c2=O)cc1C. The standard InChI is InChI=1S/C16H13N5O/c1-10-3-4-12(7-11(10)2)20-6-5-14-13(15(20)22)8-17-16-18-9-19-21(14)16/h3-9H,1-2H3. The van der Waals surface area contributed by atoms with E-state index >= 15 is 0 Å². The van der Waals surface area contributed by atoms with Crippen molar-refractivity contribution >= 4 is 16.7 Å². The molecular weight excluding hydrogens is 278 g/mol. The smallest absolute Gasteiger partial charge is 0.266 e. The molecule has 0 amide bonds. The maximum atomic E-state index is 12.8. The molecule has 108 valence electrons. The Bertz CT molecular complexity index is 1080. The fraction of sp³-hybridized carbons (Fsp3) is 0.125. The van der Waals surface area contributed by atoms with Crippen LogP contribution in [-0.2, 0) is 0 Å². The zero-order valence-corrected chi connectivity index (χ0v) is 12.2. The van der Waals surface area contributed by atoms with E-state index in [-0.39, 0.29) is 5.56 Å². The lowest BCUT2D eigenvalue weighted by Gasteiger charge is -2.09. The maximum Gasteiger partial charge on any atom is 0.266 e. The van der Waals surface area contributed by atoms with Crippen LogP contribution in [0.1, 0.15) is 11.1 Å². The molecule has 0 N–H and O–H groups in total. The second-order valence-corrected chi connectivity index (χ2v) is 5.29.